The van der Waals surface area contributed by atoms with Crippen LogP contribution in [0.5, 0.6) is 5.75 Å². The highest BCUT2D eigenvalue weighted by atomic mass is 32.1. The number of nitrogens with one attached hydrogen (secondary N) is 2. The predicted octanol–water partition coefficient (Wildman–Crippen LogP) is 3.53. The third-order valence-corrected chi connectivity index (χ3v) is 5.38. The molecule has 184 valence electrons. The summed E-state index contributed by atoms with van der Waals surface area (Å²) in [6.07, 6.45) is -5.29. The minimum atomic E-state index is -4.79. The number of urea groups is 1. The van der Waals surface area contributed by atoms with Crippen LogP contribution in [0.15, 0.2) is 29.6 Å². The van der Waals surface area contributed by atoms with E-state index in [1.54, 1.807) is 17.2 Å². The van der Waals surface area contributed by atoms with E-state index in [1.165, 1.54) is 17.0 Å². The van der Waals surface area contributed by atoms with E-state index >= 15 is 0 Å². The van der Waals surface area contributed by atoms with Crippen molar-refractivity contribution >= 4 is 40.2 Å². The van der Waals surface area contributed by atoms with Crippen molar-refractivity contribution in [1.29, 1.82) is 0 Å². The molecule has 0 saturated carbocycles. The number of carbonyl (C=O) groups is 3. The van der Waals surface area contributed by atoms with Gasteiger partial charge < -0.3 is 24.6 Å². The van der Waals surface area contributed by atoms with Gasteiger partial charge in [0, 0.05) is 37.2 Å². The summed E-state index contributed by atoms with van der Waals surface area (Å²) in [4.78, 5) is 43.7. The van der Waals surface area contributed by atoms with E-state index in [2.05, 4.69) is 20.4 Å². The van der Waals surface area contributed by atoms with E-state index in [-0.39, 0.29) is 19.1 Å². The maximum absolute atomic E-state index is 12.4. The maximum atomic E-state index is 12.4. The normalized spacial score (nSPS) is 13.9. The van der Waals surface area contributed by atoms with Gasteiger partial charge in [0.05, 0.1) is 18.7 Å². The second-order valence-electron chi connectivity index (χ2n) is 7.04. The number of hydrogen-bond acceptors (Lipinski definition) is 7. The second-order valence-corrected chi connectivity index (χ2v) is 7.90. The molecule has 4 amide bonds. The molecule has 10 nitrogen and oxygen atoms in total. The zero-order valence-corrected chi connectivity index (χ0v) is 18.9. The lowest BCUT2D eigenvalue weighted by atomic mass is 10.2. The summed E-state index contributed by atoms with van der Waals surface area (Å²) in [5.74, 6) is -0.824. The van der Waals surface area contributed by atoms with Crippen LogP contribution in [0.2, 0.25) is 0 Å². The molecule has 1 saturated heterocycles. The van der Waals surface area contributed by atoms with E-state index in [4.69, 9.17) is 4.74 Å². The molecule has 2 aromatic rings. The number of benzene rings is 1. The summed E-state index contributed by atoms with van der Waals surface area (Å²) in [5.41, 5.74) is 0.715. The monoisotopic (exact) mass is 501 g/mol. The Balaban J connectivity index is 1.45. The van der Waals surface area contributed by atoms with Crippen LogP contribution in [-0.4, -0.2) is 72.0 Å². The number of ether oxygens (including phenoxy) is 2. The predicted molar refractivity (Wildman–Crippen MR) is 117 cm³/mol. The van der Waals surface area contributed by atoms with Gasteiger partial charge >= 0.3 is 18.5 Å². The summed E-state index contributed by atoms with van der Waals surface area (Å²) < 4.78 is 45.3. The lowest BCUT2D eigenvalue weighted by Crippen LogP contribution is -2.51. The maximum Gasteiger partial charge on any atom is 0.573 e. The van der Waals surface area contributed by atoms with Gasteiger partial charge in [-0.05, 0) is 31.2 Å². The van der Waals surface area contributed by atoms with Gasteiger partial charge in [-0.25, -0.2) is 14.6 Å². The second kappa shape index (κ2) is 11.0. The van der Waals surface area contributed by atoms with Crippen LogP contribution in [-0.2, 0) is 16.0 Å². The number of nitrogens with zero attached hydrogens (tertiary/aromatic N) is 3. The van der Waals surface area contributed by atoms with Crippen LogP contribution in [0.1, 0.15) is 12.6 Å². The van der Waals surface area contributed by atoms with E-state index < -0.39 is 24.1 Å². The number of piperazine rings is 1. The first-order valence-electron chi connectivity index (χ1n) is 10.2. The molecule has 0 aliphatic carbocycles. The van der Waals surface area contributed by atoms with E-state index in [0.717, 1.165) is 23.5 Å². The average Bonchev–Trinajstić information content (AvgIpc) is 3.20. The zero-order valence-electron chi connectivity index (χ0n) is 18.1. The van der Waals surface area contributed by atoms with Crippen molar-refractivity contribution < 1.29 is 37.0 Å². The molecule has 0 bridgehead atoms. The fourth-order valence-corrected chi connectivity index (χ4v) is 3.73. The third-order valence-electron chi connectivity index (χ3n) is 4.57. The molecule has 1 aliphatic heterocycles. The topological polar surface area (TPSA) is 113 Å². The van der Waals surface area contributed by atoms with Crippen LogP contribution < -0.4 is 15.4 Å². The highest BCUT2D eigenvalue weighted by Crippen LogP contribution is 2.24. The van der Waals surface area contributed by atoms with Crippen molar-refractivity contribution in [3.05, 3.63) is 35.3 Å². The van der Waals surface area contributed by atoms with Gasteiger partial charge in [0.2, 0.25) is 5.91 Å². The van der Waals surface area contributed by atoms with Crippen molar-refractivity contribution in [1.82, 2.24) is 14.8 Å². The number of anilines is 2. The summed E-state index contributed by atoms with van der Waals surface area (Å²) in [6, 6.07) is 4.38. The summed E-state index contributed by atoms with van der Waals surface area (Å²) in [6.45, 7) is 3.42. The average molecular weight is 501 g/mol. The van der Waals surface area contributed by atoms with E-state index in [1.807, 2.05) is 0 Å². The lowest BCUT2D eigenvalue weighted by molar-refractivity contribution is -0.274. The van der Waals surface area contributed by atoms with Gasteiger partial charge in [-0.15, -0.1) is 24.5 Å². The van der Waals surface area contributed by atoms with E-state index in [9.17, 15) is 27.6 Å². The molecule has 34 heavy (non-hydrogen) atoms. The minimum absolute atomic E-state index is 0.0919. The van der Waals surface area contributed by atoms with Gasteiger partial charge in [-0.3, -0.25) is 10.1 Å². The van der Waals surface area contributed by atoms with Crippen LogP contribution in [0.3, 0.4) is 0 Å². The van der Waals surface area contributed by atoms with Crippen molar-refractivity contribution in [2.75, 3.05) is 43.4 Å². The molecule has 0 unspecified atom stereocenters. The van der Waals surface area contributed by atoms with Gasteiger partial charge in [-0.1, -0.05) is 0 Å². The number of amides is 4. The highest BCUT2D eigenvalue weighted by Gasteiger charge is 2.31. The fraction of sp³-hybridized carbons (Fsp3) is 0.400. The fourth-order valence-electron chi connectivity index (χ4n) is 3.03. The quantitative estimate of drug-likeness (QED) is 0.626. The smallest absolute Gasteiger partial charge is 0.450 e. The molecule has 3 rings (SSSR count). The molecular weight excluding hydrogens is 479 g/mol. The van der Waals surface area contributed by atoms with Crippen molar-refractivity contribution in [2.24, 2.45) is 0 Å². The van der Waals surface area contributed by atoms with Crippen molar-refractivity contribution in [3.63, 3.8) is 0 Å². The van der Waals surface area contributed by atoms with Gasteiger partial charge in [-0.2, -0.15) is 0 Å². The first-order chi connectivity index (χ1) is 16.1. The Morgan fingerprint density at radius 2 is 1.71 bits per heavy atom. The van der Waals surface area contributed by atoms with Crippen molar-refractivity contribution in [2.45, 2.75) is 19.7 Å². The van der Waals surface area contributed by atoms with E-state index in [0.29, 0.717) is 42.7 Å². The first-order valence-corrected chi connectivity index (χ1v) is 11.1. The zero-order chi connectivity index (χ0) is 24.7. The molecule has 2 N–H and O–H groups in total. The molecular formula is C20H22F3N5O5S. The van der Waals surface area contributed by atoms with Crippen LogP contribution in [0.25, 0.3) is 0 Å². The first kappa shape index (κ1) is 25.1. The third kappa shape index (κ3) is 7.50. The molecule has 1 aromatic carbocycles. The van der Waals surface area contributed by atoms with Crippen LogP contribution in [0, 0.1) is 0 Å². The SMILES string of the molecule is CCOC(=O)N1CCN(C(=O)Nc2nc(CC(=O)Nc3ccc(OC(F)(F)F)cc3)cs2)CC1. The Kier molecular flexibility index (Phi) is 8.15. The number of aromatic nitrogens is 1. The van der Waals surface area contributed by atoms with Crippen molar-refractivity contribution in [3.8, 4) is 5.75 Å². The number of rotatable bonds is 6. The number of thiazole rings is 1. The molecule has 2 heterocycles. The molecule has 0 spiro atoms. The number of alkyl halides is 3. The number of hydrogen-bond donors (Lipinski definition) is 2. The molecule has 14 heteroatoms. The van der Waals surface area contributed by atoms with Crippen LogP contribution in [0.4, 0.5) is 33.6 Å². The summed E-state index contributed by atoms with van der Waals surface area (Å²) >= 11 is 1.15. The summed E-state index contributed by atoms with van der Waals surface area (Å²) in [7, 11) is 0. The molecule has 1 aromatic heterocycles. The minimum Gasteiger partial charge on any atom is -0.450 e. The standard InChI is InChI=1S/C20H22F3N5O5S/c1-2-32-19(31)28-9-7-27(8-10-28)18(30)26-17-25-14(12-34-17)11-16(29)24-13-3-5-15(6-4-13)33-20(21,22)23/h3-6,12H,2,7-11H2,1H3,(H,24,29)(H,25,26,30). The Hall–Kier alpha value is -3.55. The number of carbonyl (C=O) groups excluding carboxylic acids is 3. The molecule has 1 aliphatic rings. The largest absolute Gasteiger partial charge is 0.573 e. The number of halogens is 3. The summed E-state index contributed by atoms with van der Waals surface area (Å²) in [5, 5.41) is 7.16. The Morgan fingerprint density at radius 3 is 2.32 bits per heavy atom. The Morgan fingerprint density at radius 1 is 1.06 bits per heavy atom. The molecule has 0 atom stereocenters. The molecule has 0 radical (unpaired) electrons. The van der Waals surface area contributed by atoms with Gasteiger partial charge in [0.1, 0.15) is 5.75 Å². The molecule has 1 fully saturated rings. The van der Waals surface area contributed by atoms with Gasteiger partial charge in [0.15, 0.2) is 5.13 Å². The van der Waals surface area contributed by atoms with Gasteiger partial charge in [0.25, 0.3) is 0 Å². The highest BCUT2D eigenvalue weighted by molar-refractivity contribution is 7.13. The van der Waals surface area contributed by atoms with Crippen LogP contribution >= 0.6 is 11.3 Å². The Bertz CT molecular complexity index is 1010. The lowest BCUT2D eigenvalue weighted by Gasteiger charge is -2.33. The Labute approximate surface area is 196 Å².